The minimum atomic E-state index is -1.47. The third-order valence-electron chi connectivity index (χ3n) is 6.03. The minimum absolute atomic E-state index is 0.146. The van der Waals surface area contributed by atoms with Gasteiger partial charge in [0.25, 0.3) is 0 Å². The molecule has 168 valence electrons. The molecule has 2 fully saturated rings. The number of anilines is 1. The number of nitrogens with zero attached hydrogens (tertiary/aromatic N) is 2. The van der Waals surface area contributed by atoms with Gasteiger partial charge < -0.3 is 19.9 Å². The Labute approximate surface area is 177 Å². The number of carboxylic acid groups (broad SMARTS) is 1. The van der Waals surface area contributed by atoms with Gasteiger partial charge in [-0.05, 0) is 39.7 Å². The first kappa shape index (κ1) is 21.7. The number of carboxylic acids is 1. The Kier molecular flexibility index (Phi) is 5.28. The van der Waals surface area contributed by atoms with Crippen molar-refractivity contribution in [2.75, 3.05) is 24.5 Å². The molecule has 4 rings (SSSR count). The molecule has 2 aromatic rings. The second-order valence-electron chi connectivity index (χ2n) is 9.50. The third kappa shape index (κ3) is 3.91. The zero-order valence-electron chi connectivity index (χ0n) is 17.7. The molecule has 0 spiro atoms. The van der Waals surface area contributed by atoms with Gasteiger partial charge in [0.05, 0.1) is 10.9 Å². The van der Waals surface area contributed by atoms with Crippen molar-refractivity contribution < 1.29 is 23.1 Å². The summed E-state index contributed by atoms with van der Waals surface area (Å²) in [6.45, 7) is 5.60. The van der Waals surface area contributed by atoms with Crippen LogP contribution >= 0.6 is 0 Å². The summed E-state index contributed by atoms with van der Waals surface area (Å²) >= 11 is 0. The van der Waals surface area contributed by atoms with Gasteiger partial charge in [0, 0.05) is 43.3 Å². The van der Waals surface area contributed by atoms with E-state index in [2.05, 4.69) is 5.32 Å². The summed E-state index contributed by atoms with van der Waals surface area (Å²) in [7, 11) is 0. The van der Waals surface area contributed by atoms with Crippen molar-refractivity contribution in [3.63, 3.8) is 0 Å². The summed E-state index contributed by atoms with van der Waals surface area (Å²) in [4.78, 5) is 25.5. The fraction of sp³-hybridized carbons (Fsp3) is 0.545. The van der Waals surface area contributed by atoms with Crippen molar-refractivity contribution in [3.8, 4) is 0 Å². The normalized spacial score (nSPS) is 21.8. The van der Waals surface area contributed by atoms with E-state index >= 15 is 8.78 Å². The van der Waals surface area contributed by atoms with Crippen LogP contribution in [0.5, 0.6) is 0 Å². The fourth-order valence-electron chi connectivity index (χ4n) is 4.19. The van der Waals surface area contributed by atoms with Crippen molar-refractivity contribution in [2.24, 2.45) is 5.92 Å². The Morgan fingerprint density at radius 3 is 2.52 bits per heavy atom. The van der Waals surface area contributed by atoms with E-state index in [4.69, 9.17) is 0 Å². The van der Waals surface area contributed by atoms with Gasteiger partial charge in [-0.15, -0.1) is 0 Å². The Morgan fingerprint density at radius 1 is 1.26 bits per heavy atom. The van der Waals surface area contributed by atoms with E-state index in [1.54, 1.807) is 20.8 Å². The standard InChI is InChI=1S/C22H26F3N3O3/c1-22(2,3)28-9-14(21(30)31)20(29)13-6-15(23)19(17(25)18(13)28)27-8-11(16(24)10-27)7-26-12-4-5-12/h6,9,11-12,16,26H,4-5,7-8,10H2,1-3H3,(H,30,31)/t11-,16+/m0/s1. The highest BCUT2D eigenvalue weighted by atomic mass is 19.1. The Hall–Kier alpha value is -2.55. The van der Waals surface area contributed by atoms with Crippen LogP contribution in [0.3, 0.4) is 0 Å². The van der Waals surface area contributed by atoms with Gasteiger partial charge in [-0.3, -0.25) is 4.79 Å². The summed E-state index contributed by atoms with van der Waals surface area (Å²) in [6.07, 6.45) is 1.97. The predicted molar refractivity (Wildman–Crippen MR) is 112 cm³/mol. The zero-order valence-corrected chi connectivity index (χ0v) is 17.7. The number of rotatable bonds is 5. The zero-order chi connectivity index (χ0) is 22.7. The van der Waals surface area contributed by atoms with Crippen molar-refractivity contribution in [2.45, 2.75) is 51.4 Å². The molecule has 1 aromatic carbocycles. The molecule has 0 radical (unpaired) electrons. The maximum absolute atomic E-state index is 15.7. The Bertz CT molecular complexity index is 1110. The van der Waals surface area contributed by atoms with Crippen molar-refractivity contribution in [3.05, 3.63) is 39.7 Å². The van der Waals surface area contributed by atoms with Gasteiger partial charge in [0.1, 0.15) is 23.2 Å². The van der Waals surface area contributed by atoms with Crippen molar-refractivity contribution in [1.82, 2.24) is 9.88 Å². The molecule has 0 unspecified atom stereocenters. The molecular weight excluding hydrogens is 411 g/mol. The van der Waals surface area contributed by atoms with E-state index in [-0.39, 0.29) is 29.7 Å². The SMILES string of the molecule is CC(C)(C)n1cc(C(=O)O)c(=O)c2cc(F)c(N3C[C@H](CNC4CC4)[C@H](F)C3)c(F)c21. The Morgan fingerprint density at radius 2 is 1.94 bits per heavy atom. The summed E-state index contributed by atoms with van der Waals surface area (Å²) < 4.78 is 46.7. The maximum atomic E-state index is 15.7. The largest absolute Gasteiger partial charge is 0.477 e. The number of fused-ring (bicyclic) bond motifs is 1. The Balaban J connectivity index is 1.83. The van der Waals surface area contributed by atoms with E-state index < -0.39 is 46.2 Å². The molecule has 0 amide bonds. The highest BCUT2D eigenvalue weighted by Gasteiger charge is 2.37. The number of aromatic carboxylic acids is 1. The topological polar surface area (TPSA) is 74.6 Å². The molecular formula is C22H26F3N3O3. The molecule has 9 heteroatoms. The number of hydrogen-bond donors (Lipinski definition) is 2. The lowest BCUT2D eigenvalue weighted by Crippen LogP contribution is -2.31. The van der Waals surface area contributed by atoms with Gasteiger partial charge in [-0.1, -0.05) is 0 Å². The molecule has 6 nitrogen and oxygen atoms in total. The molecule has 1 saturated carbocycles. The first-order valence-electron chi connectivity index (χ1n) is 10.4. The number of pyridine rings is 1. The van der Waals surface area contributed by atoms with Gasteiger partial charge in [-0.2, -0.15) is 0 Å². The lowest BCUT2D eigenvalue weighted by molar-refractivity contribution is 0.0694. The van der Waals surface area contributed by atoms with Gasteiger partial charge in [0.15, 0.2) is 5.82 Å². The van der Waals surface area contributed by atoms with Crippen LogP contribution in [0.2, 0.25) is 0 Å². The molecule has 2 atom stereocenters. The van der Waals surface area contributed by atoms with E-state index in [0.717, 1.165) is 25.1 Å². The molecule has 1 saturated heterocycles. The quantitative estimate of drug-likeness (QED) is 0.751. The monoisotopic (exact) mass is 437 g/mol. The van der Waals surface area contributed by atoms with E-state index in [0.29, 0.717) is 12.6 Å². The number of hydrogen-bond acceptors (Lipinski definition) is 4. The number of benzene rings is 1. The minimum Gasteiger partial charge on any atom is -0.477 e. The highest BCUT2D eigenvalue weighted by molar-refractivity contribution is 5.94. The average Bonchev–Trinajstić information content (AvgIpc) is 3.42. The summed E-state index contributed by atoms with van der Waals surface area (Å²) in [5.74, 6) is -3.86. The van der Waals surface area contributed by atoms with Gasteiger partial charge in [0.2, 0.25) is 5.43 Å². The van der Waals surface area contributed by atoms with Crippen molar-refractivity contribution >= 4 is 22.6 Å². The van der Waals surface area contributed by atoms with E-state index in [9.17, 15) is 19.1 Å². The first-order chi connectivity index (χ1) is 14.5. The molecule has 0 bridgehead atoms. The molecule has 31 heavy (non-hydrogen) atoms. The lowest BCUT2D eigenvalue weighted by atomic mass is 10.0. The van der Waals surface area contributed by atoms with Crippen LogP contribution in [0.15, 0.2) is 17.1 Å². The van der Waals surface area contributed by atoms with Crippen LogP contribution in [0.1, 0.15) is 44.0 Å². The maximum Gasteiger partial charge on any atom is 0.341 e. The van der Waals surface area contributed by atoms with Crippen LogP contribution in [0.4, 0.5) is 18.9 Å². The fourth-order valence-corrected chi connectivity index (χ4v) is 4.19. The number of nitrogens with one attached hydrogen (secondary N) is 1. The smallest absolute Gasteiger partial charge is 0.341 e. The number of halogens is 3. The summed E-state index contributed by atoms with van der Waals surface area (Å²) in [6, 6.07) is 1.27. The van der Waals surface area contributed by atoms with E-state index in [1.807, 2.05) is 0 Å². The summed E-state index contributed by atoms with van der Waals surface area (Å²) in [5.41, 5.74) is -2.89. The van der Waals surface area contributed by atoms with Crippen LogP contribution in [0, 0.1) is 17.6 Å². The molecule has 2 heterocycles. The van der Waals surface area contributed by atoms with Crippen molar-refractivity contribution in [1.29, 1.82) is 0 Å². The molecule has 1 aliphatic carbocycles. The first-order valence-corrected chi connectivity index (χ1v) is 10.4. The van der Waals surface area contributed by atoms with Gasteiger partial charge >= 0.3 is 5.97 Å². The predicted octanol–water partition coefficient (Wildman–Crippen LogP) is 3.26. The number of aromatic nitrogens is 1. The average molecular weight is 437 g/mol. The number of carbonyl (C=O) groups is 1. The molecule has 2 aliphatic rings. The second kappa shape index (κ2) is 7.55. The molecule has 1 aliphatic heterocycles. The third-order valence-corrected chi connectivity index (χ3v) is 6.03. The molecule has 1 aromatic heterocycles. The van der Waals surface area contributed by atoms with Crippen LogP contribution in [-0.2, 0) is 5.54 Å². The summed E-state index contributed by atoms with van der Waals surface area (Å²) in [5, 5.41) is 12.3. The van der Waals surface area contributed by atoms with E-state index in [1.165, 1.54) is 9.47 Å². The molecule has 2 N–H and O–H groups in total. The van der Waals surface area contributed by atoms with Gasteiger partial charge in [-0.25, -0.2) is 18.0 Å². The number of alkyl halides is 1. The van der Waals surface area contributed by atoms with Crippen LogP contribution in [-0.4, -0.2) is 47.5 Å². The highest BCUT2D eigenvalue weighted by Crippen LogP contribution is 2.35. The van der Waals surface area contributed by atoms with Crippen LogP contribution < -0.4 is 15.6 Å². The lowest BCUT2D eigenvalue weighted by Gasteiger charge is -2.28. The second-order valence-corrected chi connectivity index (χ2v) is 9.50. The van der Waals surface area contributed by atoms with Crippen LogP contribution in [0.25, 0.3) is 10.9 Å².